The highest BCUT2D eigenvalue weighted by Gasteiger charge is 2.22. The van der Waals surface area contributed by atoms with Crippen molar-refractivity contribution in [2.75, 3.05) is 0 Å². The monoisotopic (exact) mass is 366 g/mol. The Kier molecular flexibility index (Phi) is 4.63. The first-order valence-corrected chi connectivity index (χ1v) is 6.56. The van der Waals surface area contributed by atoms with Gasteiger partial charge in [0, 0.05) is 17.5 Å². The van der Waals surface area contributed by atoms with Gasteiger partial charge in [0.25, 0.3) is 0 Å². The first-order chi connectivity index (χ1) is 9.82. The van der Waals surface area contributed by atoms with E-state index in [0.717, 1.165) is 18.2 Å². The molecule has 0 radical (unpaired) electrons. The fraction of sp³-hybridized carbons (Fsp3) is 0.143. The molecular formula is C14H8BrF5O. The molecule has 2 aromatic rings. The van der Waals surface area contributed by atoms with E-state index in [1.807, 2.05) is 0 Å². The molecule has 0 spiro atoms. The molecule has 0 saturated heterocycles. The molecule has 2 aromatic carbocycles. The summed E-state index contributed by atoms with van der Waals surface area (Å²) in [6.07, 6.45) is -2.35. The van der Waals surface area contributed by atoms with Crippen molar-refractivity contribution in [2.24, 2.45) is 0 Å². The molecule has 0 fully saturated rings. The topological polar surface area (TPSA) is 20.2 Å². The van der Waals surface area contributed by atoms with Crippen molar-refractivity contribution < 1.29 is 27.1 Å². The predicted octanol–water partition coefficient (Wildman–Crippen LogP) is 4.42. The second-order valence-electron chi connectivity index (χ2n) is 4.31. The predicted molar refractivity (Wildman–Crippen MR) is 69.0 cm³/mol. The van der Waals surface area contributed by atoms with E-state index < -0.39 is 52.7 Å². The molecule has 2 rings (SSSR count). The first-order valence-electron chi connectivity index (χ1n) is 5.76. The van der Waals surface area contributed by atoms with E-state index in [9.17, 15) is 27.1 Å². The normalized spacial score (nSPS) is 12.5. The van der Waals surface area contributed by atoms with Gasteiger partial charge >= 0.3 is 0 Å². The number of aliphatic hydroxyl groups excluding tert-OH is 1. The molecule has 1 N–H and O–H groups in total. The number of hydrogen-bond acceptors (Lipinski definition) is 1. The largest absolute Gasteiger partial charge is 0.388 e. The molecule has 1 nitrogen and oxygen atoms in total. The van der Waals surface area contributed by atoms with Crippen molar-refractivity contribution in [2.45, 2.75) is 12.5 Å². The van der Waals surface area contributed by atoms with Crippen LogP contribution < -0.4 is 0 Å². The lowest BCUT2D eigenvalue weighted by Gasteiger charge is -2.14. The summed E-state index contributed by atoms with van der Waals surface area (Å²) in [7, 11) is 0. The summed E-state index contributed by atoms with van der Waals surface area (Å²) in [5.74, 6) is -6.63. The van der Waals surface area contributed by atoms with Crippen LogP contribution in [0.2, 0.25) is 0 Å². The summed E-state index contributed by atoms with van der Waals surface area (Å²) in [4.78, 5) is 0. The van der Waals surface area contributed by atoms with Crippen LogP contribution in [0.25, 0.3) is 0 Å². The average Bonchev–Trinajstić information content (AvgIpc) is 2.45. The van der Waals surface area contributed by atoms with Crippen LogP contribution in [0.4, 0.5) is 22.0 Å². The summed E-state index contributed by atoms with van der Waals surface area (Å²) < 4.78 is 66.7. The molecule has 0 saturated carbocycles. The molecule has 0 bridgehead atoms. The summed E-state index contributed by atoms with van der Waals surface area (Å²) in [6, 6.07) is 3.56. The lowest BCUT2D eigenvalue weighted by molar-refractivity contribution is 0.169. The molecule has 0 aliphatic rings. The Morgan fingerprint density at radius 1 is 0.857 bits per heavy atom. The molecule has 0 aromatic heterocycles. The van der Waals surface area contributed by atoms with E-state index in [-0.39, 0.29) is 4.47 Å². The maximum absolute atomic E-state index is 13.8. The molecule has 0 amide bonds. The number of halogens is 6. The van der Waals surface area contributed by atoms with Gasteiger partial charge in [0.15, 0.2) is 17.5 Å². The molecule has 1 unspecified atom stereocenters. The van der Waals surface area contributed by atoms with Gasteiger partial charge in [-0.3, -0.25) is 0 Å². The Morgan fingerprint density at radius 3 is 2.14 bits per heavy atom. The van der Waals surface area contributed by atoms with Gasteiger partial charge in [-0.05, 0) is 34.1 Å². The molecule has 1 atom stereocenters. The molecule has 112 valence electrons. The van der Waals surface area contributed by atoms with Crippen molar-refractivity contribution in [1.29, 1.82) is 0 Å². The van der Waals surface area contributed by atoms with Gasteiger partial charge < -0.3 is 5.11 Å². The van der Waals surface area contributed by atoms with Crippen molar-refractivity contribution >= 4 is 15.9 Å². The lowest BCUT2D eigenvalue weighted by atomic mass is 10.00. The van der Waals surface area contributed by atoms with E-state index in [1.54, 1.807) is 0 Å². The molecule has 21 heavy (non-hydrogen) atoms. The van der Waals surface area contributed by atoms with Gasteiger partial charge in [0.05, 0.1) is 10.6 Å². The number of aliphatic hydroxyl groups is 1. The maximum Gasteiger partial charge on any atom is 0.194 e. The fourth-order valence-electron chi connectivity index (χ4n) is 1.86. The third-order valence-electron chi connectivity index (χ3n) is 2.96. The highest BCUT2D eigenvalue weighted by molar-refractivity contribution is 9.10. The molecule has 0 heterocycles. The molecular weight excluding hydrogens is 359 g/mol. The van der Waals surface area contributed by atoms with E-state index in [0.29, 0.717) is 6.07 Å². The fourth-order valence-corrected chi connectivity index (χ4v) is 2.23. The minimum absolute atomic E-state index is 0.0307. The number of rotatable bonds is 3. The second-order valence-corrected chi connectivity index (χ2v) is 5.16. The van der Waals surface area contributed by atoms with Crippen LogP contribution in [0.3, 0.4) is 0 Å². The SMILES string of the molecule is OC(Cc1c(F)ccc(Br)c1F)c1ccc(F)c(F)c1F. The van der Waals surface area contributed by atoms with Gasteiger partial charge in [-0.15, -0.1) is 0 Å². The van der Waals surface area contributed by atoms with Gasteiger partial charge in [-0.2, -0.15) is 0 Å². The Hall–Kier alpha value is -1.47. The van der Waals surface area contributed by atoms with Gasteiger partial charge in [0.1, 0.15) is 11.6 Å². The summed E-state index contributed by atoms with van der Waals surface area (Å²) >= 11 is 2.86. The highest BCUT2D eigenvalue weighted by atomic mass is 79.9. The summed E-state index contributed by atoms with van der Waals surface area (Å²) in [6.45, 7) is 0. The third kappa shape index (κ3) is 3.08. The summed E-state index contributed by atoms with van der Waals surface area (Å²) in [5, 5.41) is 9.83. The maximum atomic E-state index is 13.8. The van der Waals surface area contributed by atoms with Crippen LogP contribution in [0.1, 0.15) is 17.2 Å². The van der Waals surface area contributed by atoms with Crippen LogP contribution in [0, 0.1) is 29.1 Å². The zero-order valence-corrected chi connectivity index (χ0v) is 11.9. The van der Waals surface area contributed by atoms with E-state index in [1.165, 1.54) is 0 Å². The Balaban J connectivity index is 2.37. The smallest absolute Gasteiger partial charge is 0.194 e. The van der Waals surface area contributed by atoms with Gasteiger partial charge in [-0.25, -0.2) is 22.0 Å². The van der Waals surface area contributed by atoms with Crippen LogP contribution in [0.5, 0.6) is 0 Å². The van der Waals surface area contributed by atoms with E-state index in [2.05, 4.69) is 15.9 Å². The van der Waals surface area contributed by atoms with Crippen LogP contribution in [-0.2, 0) is 6.42 Å². The van der Waals surface area contributed by atoms with Crippen molar-refractivity contribution in [1.82, 2.24) is 0 Å². The van der Waals surface area contributed by atoms with Crippen molar-refractivity contribution in [3.63, 3.8) is 0 Å². The van der Waals surface area contributed by atoms with Crippen molar-refractivity contribution in [3.8, 4) is 0 Å². The minimum Gasteiger partial charge on any atom is -0.388 e. The van der Waals surface area contributed by atoms with Gasteiger partial charge in [-0.1, -0.05) is 6.07 Å². The quantitative estimate of drug-likeness (QED) is 0.484. The lowest BCUT2D eigenvalue weighted by Crippen LogP contribution is -2.09. The summed E-state index contributed by atoms with van der Waals surface area (Å²) in [5.41, 5.74) is -1.06. The molecule has 7 heteroatoms. The zero-order chi connectivity index (χ0) is 15.7. The highest BCUT2D eigenvalue weighted by Crippen LogP contribution is 2.28. The Labute approximate surface area is 125 Å². The second kappa shape index (κ2) is 6.11. The minimum atomic E-state index is -1.75. The van der Waals surface area contributed by atoms with Gasteiger partial charge in [0.2, 0.25) is 0 Å². The Morgan fingerprint density at radius 2 is 1.48 bits per heavy atom. The standard InChI is InChI=1S/C14H8BrF5O/c15-8-2-4-9(16)7(12(8)18)5-11(21)6-1-3-10(17)14(20)13(6)19/h1-4,11,21H,5H2. The van der Waals surface area contributed by atoms with Crippen LogP contribution in [0.15, 0.2) is 28.7 Å². The van der Waals surface area contributed by atoms with Crippen LogP contribution >= 0.6 is 15.9 Å². The van der Waals surface area contributed by atoms with E-state index >= 15 is 0 Å². The zero-order valence-electron chi connectivity index (χ0n) is 10.3. The first kappa shape index (κ1) is 15.9. The number of hydrogen-bond donors (Lipinski definition) is 1. The molecule has 0 aliphatic carbocycles. The Bertz CT molecular complexity index is 690. The van der Waals surface area contributed by atoms with E-state index in [4.69, 9.17) is 0 Å². The average molecular weight is 367 g/mol. The number of benzene rings is 2. The van der Waals surface area contributed by atoms with Crippen molar-refractivity contribution in [3.05, 3.63) is 69.0 Å². The molecule has 0 aliphatic heterocycles. The third-order valence-corrected chi connectivity index (χ3v) is 3.57. The van der Waals surface area contributed by atoms with Crippen LogP contribution in [-0.4, -0.2) is 5.11 Å².